The first-order valence-corrected chi connectivity index (χ1v) is 10.8. The quantitative estimate of drug-likeness (QED) is 0.502. The summed E-state index contributed by atoms with van der Waals surface area (Å²) in [5.74, 6) is -0.475. The molecule has 0 saturated heterocycles. The molecule has 0 bridgehead atoms. The van der Waals surface area contributed by atoms with Crippen molar-refractivity contribution in [1.29, 1.82) is 0 Å². The predicted octanol–water partition coefficient (Wildman–Crippen LogP) is 3.47. The van der Waals surface area contributed by atoms with Gasteiger partial charge in [-0.15, -0.1) is 0 Å². The molecule has 6 nitrogen and oxygen atoms in total. The Morgan fingerprint density at radius 3 is 2.48 bits per heavy atom. The molecule has 1 amide bonds. The van der Waals surface area contributed by atoms with E-state index >= 15 is 0 Å². The van der Waals surface area contributed by atoms with Gasteiger partial charge in [0.25, 0.3) is 15.9 Å². The molecule has 0 radical (unpaired) electrons. The van der Waals surface area contributed by atoms with Crippen LogP contribution in [0.1, 0.15) is 18.9 Å². The number of hydrogen-bond donors (Lipinski definition) is 1. The normalized spacial score (nSPS) is 14.9. The number of aryl methyl sites for hydroxylation is 1. The molecule has 4 rings (SSSR count). The molecule has 7 heteroatoms. The van der Waals surface area contributed by atoms with Crippen molar-refractivity contribution in [3.63, 3.8) is 0 Å². The van der Waals surface area contributed by atoms with Crippen molar-refractivity contribution >= 4 is 38.1 Å². The second kappa shape index (κ2) is 7.67. The molecule has 0 fully saturated rings. The molecule has 0 atom stereocenters. The molecule has 0 aromatic heterocycles. The van der Waals surface area contributed by atoms with E-state index in [1.165, 1.54) is 5.56 Å². The average Bonchev–Trinajstić information content (AvgIpc) is 2.95. The Kier molecular flexibility index (Phi) is 5.07. The van der Waals surface area contributed by atoms with Gasteiger partial charge in [-0.2, -0.15) is 5.10 Å². The number of rotatable bonds is 6. The fourth-order valence-corrected chi connectivity index (χ4v) is 5.14. The SMILES string of the molecule is C/C(CCc1ccccc1)=N/NC(=O)CN1c2cccc3cccc(c23)S1(=O)=O. The lowest BCUT2D eigenvalue weighted by molar-refractivity contribution is -0.119. The number of anilines is 1. The lowest BCUT2D eigenvalue weighted by Gasteiger charge is -2.17. The Morgan fingerprint density at radius 2 is 1.72 bits per heavy atom. The molecule has 1 aliphatic rings. The third-order valence-corrected chi connectivity index (χ3v) is 6.76. The van der Waals surface area contributed by atoms with Gasteiger partial charge in [0, 0.05) is 11.1 Å². The van der Waals surface area contributed by atoms with Crippen LogP contribution in [-0.2, 0) is 21.2 Å². The van der Waals surface area contributed by atoms with Crippen molar-refractivity contribution in [2.24, 2.45) is 5.10 Å². The predicted molar refractivity (Wildman–Crippen MR) is 114 cm³/mol. The molecule has 1 aliphatic heterocycles. The minimum atomic E-state index is -3.75. The van der Waals surface area contributed by atoms with Crippen LogP contribution in [0.3, 0.4) is 0 Å². The first-order valence-electron chi connectivity index (χ1n) is 9.37. The van der Waals surface area contributed by atoms with E-state index in [0.717, 1.165) is 21.8 Å². The minimum Gasteiger partial charge on any atom is -0.271 e. The zero-order chi connectivity index (χ0) is 20.4. The van der Waals surface area contributed by atoms with Gasteiger partial charge in [0.05, 0.1) is 10.6 Å². The number of hydrazone groups is 1. The number of nitrogens with zero attached hydrogens (tertiary/aromatic N) is 2. The Morgan fingerprint density at radius 1 is 1.00 bits per heavy atom. The zero-order valence-corrected chi connectivity index (χ0v) is 16.8. The third kappa shape index (κ3) is 3.73. The van der Waals surface area contributed by atoms with Gasteiger partial charge in [-0.1, -0.05) is 54.6 Å². The van der Waals surface area contributed by atoms with E-state index in [1.54, 1.807) is 24.3 Å². The van der Waals surface area contributed by atoms with Gasteiger partial charge in [-0.25, -0.2) is 13.8 Å². The Hall–Kier alpha value is -3.19. The summed E-state index contributed by atoms with van der Waals surface area (Å²) < 4.78 is 27.0. The van der Waals surface area contributed by atoms with Gasteiger partial charge >= 0.3 is 0 Å². The molecule has 29 heavy (non-hydrogen) atoms. The number of sulfonamides is 1. The summed E-state index contributed by atoms with van der Waals surface area (Å²) >= 11 is 0. The number of carbonyl (C=O) groups is 1. The number of hydrogen-bond acceptors (Lipinski definition) is 4. The second-order valence-electron chi connectivity index (χ2n) is 7.01. The standard InChI is InChI=1S/C22H21N3O3S/c1-16(13-14-17-7-3-2-4-8-17)23-24-21(26)15-25-19-11-5-9-18-10-6-12-20(22(18)19)29(25,27)28/h2-12H,13-15H2,1H3,(H,24,26)/b23-16-. The molecule has 0 saturated carbocycles. The number of carbonyl (C=O) groups excluding carboxylic acids is 1. The van der Waals surface area contributed by atoms with Crippen LogP contribution in [0.4, 0.5) is 5.69 Å². The first kappa shape index (κ1) is 19.1. The molecule has 0 aliphatic carbocycles. The van der Waals surface area contributed by atoms with E-state index in [0.29, 0.717) is 17.5 Å². The molecule has 3 aromatic carbocycles. The fourth-order valence-electron chi connectivity index (χ4n) is 3.48. The third-order valence-electron chi connectivity index (χ3n) is 4.96. The monoisotopic (exact) mass is 407 g/mol. The Labute approximate surface area is 169 Å². The van der Waals surface area contributed by atoms with Crippen LogP contribution in [-0.4, -0.2) is 26.6 Å². The summed E-state index contributed by atoms with van der Waals surface area (Å²) in [6.45, 7) is 1.53. The van der Waals surface area contributed by atoms with Crippen LogP contribution < -0.4 is 9.73 Å². The lowest BCUT2D eigenvalue weighted by atomic mass is 10.1. The van der Waals surface area contributed by atoms with Crippen LogP contribution >= 0.6 is 0 Å². The lowest BCUT2D eigenvalue weighted by Crippen LogP contribution is -2.37. The van der Waals surface area contributed by atoms with Gasteiger partial charge in [0.2, 0.25) is 0 Å². The molecular weight excluding hydrogens is 386 g/mol. The molecular formula is C22H21N3O3S. The first-order chi connectivity index (χ1) is 14.0. The maximum atomic E-state index is 12.9. The maximum absolute atomic E-state index is 12.9. The van der Waals surface area contributed by atoms with Gasteiger partial charge in [-0.05, 0) is 42.8 Å². The highest BCUT2D eigenvalue weighted by atomic mass is 32.2. The smallest absolute Gasteiger partial charge is 0.265 e. The highest BCUT2D eigenvalue weighted by Gasteiger charge is 2.36. The number of amides is 1. The van der Waals surface area contributed by atoms with E-state index in [-0.39, 0.29) is 11.4 Å². The Balaban J connectivity index is 1.44. The summed E-state index contributed by atoms with van der Waals surface area (Å²) in [5, 5.41) is 5.61. The molecule has 0 unspecified atom stereocenters. The summed E-state index contributed by atoms with van der Waals surface area (Å²) in [7, 11) is -3.75. The highest BCUT2D eigenvalue weighted by molar-refractivity contribution is 7.93. The van der Waals surface area contributed by atoms with Gasteiger partial charge in [0.1, 0.15) is 6.54 Å². The van der Waals surface area contributed by atoms with Gasteiger partial charge < -0.3 is 0 Å². The molecule has 3 aromatic rings. The maximum Gasteiger partial charge on any atom is 0.265 e. The van der Waals surface area contributed by atoms with Gasteiger partial charge in [0.15, 0.2) is 0 Å². The largest absolute Gasteiger partial charge is 0.271 e. The summed E-state index contributed by atoms with van der Waals surface area (Å²) in [6.07, 6.45) is 1.53. The average molecular weight is 407 g/mol. The van der Waals surface area contributed by atoms with Crippen LogP contribution in [0.5, 0.6) is 0 Å². The van der Waals surface area contributed by atoms with Crippen molar-refractivity contribution < 1.29 is 13.2 Å². The van der Waals surface area contributed by atoms with E-state index in [1.807, 2.05) is 49.4 Å². The topological polar surface area (TPSA) is 78.8 Å². The van der Waals surface area contributed by atoms with Crippen LogP contribution in [0.25, 0.3) is 10.8 Å². The van der Waals surface area contributed by atoms with Crippen molar-refractivity contribution in [3.8, 4) is 0 Å². The highest BCUT2D eigenvalue weighted by Crippen LogP contribution is 2.41. The van der Waals surface area contributed by atoms with Crippen LogP contribution in [0.2, 0.25) is 0 Å². The zero-order valence-electron chi connectivity index (χ0n) is 16.0. The fraction of sp³-hybridized carbons (Fsp3) is 0.182. The molecule has 1 N–H and O–H groups in total. The van der Waals surface area contributed by atoms with E-state index < -0.39 is 15.9 Å². The molecule has 148 valence electrons. The van der Waals surface area contributed by atoms with Crippen molar-refractivity contribution in [2.75, 3.05) is 10.8 Å². The summed E-state index contributed by atoms with van der Waals surface area (Å²) in [6, 6.07) is 20.5. The number of benzene rings is 3. The Bertz CT molecular complexity index is 1200. The number of nitrogens with one attached hydrogen (secondary N) is 1. The van der Waals surface area contributed by atoms with Crippen LogP contribution in [0.15, 0.2) is 76.7 Å². The van der Waals surface area contributed by atoms with Crippen LogP contribution in [0, 0.1) is 0 Å². The minimum absolute atomic E-state index is 0.237. The molecule has 0 spiro atoms. The molecule has 1 heterocycles. The van der Waals surface area contributed by atoms with Crippen molar-refractivity contribution in [2.45, 2.75) is 24.7 Å². The second-order valence-corrected chi connectivity index (χ2v) is 8.84. The summed E-state index contributed by atoms with van der Waals surface area (Å²) in [5.41, 5.74) is 4.98. The van der Waals surface area contributed by atoms with E-state index in [4.69, 9.17) is 0 Å². The van der Waals surface area contributed by atoms with Crippen molar-refractivity contribution in [1.82, 2.24) is 5.43 Å². The van der Waals surface area contributed by atoms with Gasteiger partial charge in [-0.3, -0.25) is 9.10 Å². The summed E-state index contributed by atoms with van der Waals surface area (Å²) in [4.78, 5) is 12.6. The van der Waals surface area contributed by atoms with Crippen molar-refractivity contribution in [3.05, 3.63) is 72.3 Å². The van der Waals surface area contributed by atoms with E-state index in [2.05, 4.69) is 10.5 Å². The van der Waals surface area contributed by atoms with E-state index in [9.17, 15) is 13.2 Å².